The summed E-state index contributed by atoms with van der Waals surface area (Å²) in [6.45, 7) is 0.151. The first-order valence-electron chi connectivity index (χ1n) is 7.60. The van der Waals surface area contributed by atoms with Gasteiger partial charge < -0.3 is 0 Å². The monoisotopic (exact) mass is 342 g/mol. The minimum atomic E-state index is -0.939. The van der Waals surface area contributed by atoms with E-state index in [0.29, 0.717) is 5.56 Å². The molecule has 4 rings (SSSR count). The summed E-state index contributed by atoms with van der Waals surface area (Å²) < 4.78 is 26.4. The van der Waals surface area contributed by atoms with Crippen LogP contribution in [-0.4, -0.2) is 28.9 Å². The molecule has 126 valence electrons. The second kappa shape index (κ2) is 5.73. The van der Waals surface area contributed by atoms with Crippen LogP contribution in [-0.2, 0) is 16.1 Å². The number of rotatable bonds is 3. The van der Waals surface area contributed by atoms with Gasteiger partial charge in [-0.3, -0.25) is 14.6 Å². The SMILES string of the molecule is O=C1C2N=NN(Cc3cccc(F)c3)C2C(=O)N1c1ccc(F)cc1. The fourth-order valence-corrected chi connectivity index (χ4v) is 3.02. The van der Waals surface area contributed by atoms with Crippen molar-refractivity contribution in [1.82, 2.24) is 5.01 Å². The van der Waals surface area contributed by atoms with Gasteiger partial charge in [-0.15, -0.1) is 0 Å². The van der Waals surface area contributed by atoms with Gasteiger partial charge in [-0.1, -0.05) is 17.4 Å². The van der Waals surface area contributed by atoms with Crippen LogP contribution in [0.5, 0.6) is 0 Å². The highest BCUT2D eigenvalue weighted by molar-refractivity contribution is 6.25. The largest absolute Gasteiger partial charge is 0.271 e. The van der Waals surface area contributed by atoms with E-state index in [2.05, 4.69) is 10.3 Å². The van der Waals surface area contributed by atoms with Crippen LogP contribution in [0, 0.1) is 11.6 Å². The normalized spacial score (nSPS) is 22.0. The van der Waals surface area contributed by atoms with Crippen LogP contribution >= 0.6 is 0 Å². The molecule has 2 atom stereocenters. The third-order valence-electron chi connectivity index (χ3n) is 4.18. The Balaban J connectivity index is 1.60. The zero-order valence-electron chi connectivity index (χ0n) is 12.8. The molecule has 2 amide bonds. The molecular weight excluding hydrogens is 330 g/mol. The molecule has 2 heterocycles. The second-order valence-electron chi connectivity index (χ2n) is 5.81. The topological polar surface area (TPSA) is 65.3 Å². The standard InChI is InChI=1S/C17H12F2N4O2/c18-11-4-6-13(7-5-11)23-16(24)14-15(17(23)25)22(21-20-14)9-10-2-1-3-12(19)8-10/h1-8,14-15H,9H2. The molecule has 2 aromatic rings. The molecule has 25 heavy (non-hydrogen) atoms. The smallest absolute Gasteiger partial charge is 0.263 e. The maximum Gasteiger partial charge on any atom is 0.263 e. The van der Waals surface area contributed by atoms with E-state index >= 15 is 0 Å². The van der Waals surface area contributed by atoms with Crippen molar-refractivity contribution in [3.8, 4) is 0 Å². The fourth-order valence-electron chi connectivity index (χ4n) is 3.02. The van der Waals surface area contributed by atoms with Crippen molar-refractivity contribution in [2.24, 2.45) is 10.3 Å². The number of hydrogen-bond donors (Lipinski definition) is 0. The summed E-state index contributed by atoms with van der Waals surface area (Å²) in [5.41, 5.74) is 0.895. The fraction of sp³-hybridized carbons (Fsp3) is 0.176. The third-order valence-corrected chi connectivity index (χ3v) is 4.18. The van der Waals surface area contributed by atoms with Crippen molar-refractivity contribution < 1.29 is 18.4 Å². The molecule has 2 aliphatic heterocycles. The van der Waals surface area contributed by atoms with Crippen molar-refractivity contribution in [3.63, 3.8) is 0 Å². The Labute approximate surface area is 141 Å². The molecule has 0 spiro atoms. The highest BCUT2D eigenvalue weighted by Crippen LogP contribution is 2.32. The Morgan fingerprint density at radius 2 is 1.72 bits per heavy atom. The van der Waals surface area contributed by atoms with E-state index in [-0.39, 0.29) is 12.2 Å². The van der Waals surface area contributed by atoms with Gasteiger partial charge >= 0.3 is 0 Å². The Hall–Kier alpha value is -3.16. The van der Waals surface area contributed by atoms with Crippen molar-refractivity contribution in [3.05, 3.63) is 65.7 Å². The van der Waals surface area contributed by atoms with Crippen molar-refractivity contribution in [1.29, 1.82) is 0 Å². The first-order valence-corrected chi connectivity index (χ1v) is 7.60. The Morgan fingerprint density at radius 3 is 2.44 bits per heavy atom. The molecule has 0 aromatic heterocycles. The number of imide groups is 1. The summed E-state index contributed by atoms with van der Waals surface area (Å²) in [5.74, 6) is -1.85. The zero-order chi connectivity index (χ0) is 17.6. The summed E-state index contributed by atoms with van der Waals surface area (Å²) >= 11 is 0. The number of anilines is 1. The van der Waals surface area contributed by atoms with E-state index in [1.165, 1.54) is 41.4 Å². The van der Waals surface area contributed by atoms with Gasteiger partial charge in [0, 0.05) is 0 Å². The number of halogens is 2. The van der Waals surface area contributed by atoms with E-state index < -0.39 is 35.5 Å². The molecule has 6 nitrogen and oxygen atoms in total. The van der Waals surface area contributed by atoms with Gasteiger partial charge in [0.2, 0.25) is 0 Å². The molecule has 8 heteroatoms. The molecule has 0 radical (unpaired) electrons. The first kappa shape index (κ1) is 15.4. The number of benzene rings is 2. The molecule has 2 aromatic carbocycles. The van der Waals surface area contributed by atoms with Gasteiger partial charge in [0.25, 0.3) is 11.8 Å². The summed E-state index contributed by atoms with van der Waals surface area (Å²) in [4.78, 5) is 26.2. The van der Waals surface area contributed by atoms with Crippen molar-refractivity contribution >= 4 is 17.5 Å². The molecule has 1 saturated heterocycles. The number of carbonyl (C=O) groups is 2. The number of carbonyl (C=O) groups excluding carboxylic acids is 2. The molecule has 0 N–H and O–H groups in total. The molecule has 2 aliphatic rings. The van der Waals surface area contributed by atoms with E-state index in [0.717, 1.165) is 4.90 Å². The number of nitrogens with zero attached hydrogens (tertiary/aromatic N) is 4. The quantitative estimate of drug-likeness (QED) is 0.805. The van der Waals surface area contributed by atoms with E-state index in [4.69, 9.17) is 0 Å². The lowest BCUT2D eigenvalue weighted by Crippen LogP contribution is -2.39. The Kier molecular flexibility index (Phi) is 3.52. The number of hydrogen-bond acceptors (Lipinski definition) is 5. The van der Waals surface area contributed by atoms with Gasteiger partial charge in [0.15, 0.2) is 12.1 Å². The van der Waals surface area contributed by atoms with Crippen molar-refractivity contribution in [2.75, 3.05) is 4.90 Å². The van der Waals surface area contributed by atoms with Crippen LogP contribution in [0.1, 0.15) is 5.56 Å². The van der Waals surface area contributed by atoms with Gasteiger partial charge in [-0.2, -0.15) is 5.11 Å². The predicted octanol–water partition coefficient (Wildman–Crippen LogP) is 2.46. The molecule has 0 bridgehead atoms. The van der Waals surface area contributed by atoms with E-state index in [9.17, 15) is 18.4 Å². The summed E-state index contributed by atoms with van der Waals surface area (Å²) in [6, 6.07) is 9.17. The average molecular weight is 342 g/mol. The molecule has 0 saturated carbocycles. The Morgan fingerprint density at radius 1 is 0.960 bits per heavy atom. The first-order chi connectivity index (χ1) is 12.0. The summed E-state index contributed by atoms with van der Waals surface area (Å²) in [5, 5.41) is 9.17. The number of fused-ring (bicyclic) bond motifs is 1. The van der Waals surface area contributed by atoms with Crippen LogP contribution in [0.4, 0.5) is 14.5 Å². The second-order valence-corrected chi connectivity index (χ2v) is 5.81. The number of amides is 2. The molecule has 0 aliphatic carbocycles. The molecule has 1 fully saturated rings. The minimum Gasteiger partial charge on any atom is -0.271 e. The highest BCUT2D eigenvalue weighted by atomic mass is 19.1. The maximum absolute atomic E-state index is 13.3. The van der Waals surface area contributed by atoms with Gasteiger partial charge in [0.05, 0.1) is 12.2 Å². The molecule has 2 unspecified atom stereocenters. The minimum absolute atomic E-state index is 0.151. The van der Waals surface area contributed by atoms with Crippen LogP contribution in [0.15, 0.2) is 58.9 Å². The average Bonchev–Trinajstić information content (AvgIpc) is 3.10. The van der Waals surface area contributed by atoms with Gasteiger partial charge in [-0.25, -0.2) is 13.7 Å². The third kappa shape index (κ3) is 2.55. The van der Waals surface area contributed by atoms with Gasteiger partial charge in [-0.05, 0) is 42.0 Å². The lowest BCUT2D eigenvalue weighted by molar-refractivity contribution is -0.123. The van der Waals surface area contributed by atoms with Gasteiger partial charge in [0.1, 0.15) is 11.6 Å². The highest BCUT2D eigenvalue weighted by Gasteiger charge is 2.54. The summed E-state index contributed by atoms with van der Waals surface area (Å²) in [6.07, 6.45) is 0. The maximum atomic E-state index is 13.3. The summed E-state index contributed by atoms with van der Waals surface area (Å²) in [7, 11) is 0. The zero-order valence-corrected chi connectivity index (χ0v) is 12.8. The lowest BCUT2D eigenvalue weighted by Gasteiger charge is -2.20. The lowest BCUT2D eigenvalue weighted by atomic mass is 10.1. The molecular formula is C17H12F2N4O2. The van der Waals surface area contributed by atoms with Crippen LogP contribution in [0.3, 0.4) is 0 Å². The van der Waals surface area contributed by atoms with Crippen LogP contribution in [0.25, 0.3) is 0 Å². The van der Waals surface area contributed by atoms with Crippen molar-refractivity contribution in [2.45, 2.75) is 18.6 Å². The van der Waals surface area contributed by atoms with E-state index in [1.54, 1.807) is 12.1 Å². The van der Waals surface area contributed by atoms with Crippen LogP contribution < -0.4 is 4.90 Å². The van der Waals surface area contributed by atoms with Crippen LogP contribution in [0.2, 0.25) is 0 Å². The van der Waals surface area contributed by atoms with E-state index in [1.807, 2.05) is 0 Å². The predicted molar refractivity (Wildman–Crippen MR) is 83.3 cm³/mol. The Bertz CT molecular complexity index is 884.